The van der Waals surface area contributed by atoms with Crippen molar-refractivity contribution in [2.24, 2.45) is 13.0 Å². The van der Waals surface area contributed by atoms with Crippen LogP contribution in [-0.4, -0.2) is 69.2 Å². The first-order valence-corrected chi connectivity index (χ1v) is 14.1. The number of morpholine rings is 1. The number of hydrogen-bond donors (Lipinski definition) is 1. The molecule has 1 N–H and O–H groups in total. The van der Waals surface area contributed by atoms with Gasteiger partial charge in [-0.15, -0.1) is 0 Å². The first-order chi connectivity index (χ1) is 17.2. The van der Waals surface area contributed by atoms with Crippen LogP contribution < -0.4 is 4.72 Å². The van der Waals surface area contributed by atoms with E-state index in [0.29, 0.717) is 24.8 Å². The molecule has 196 valence electrons. The van der Waals surface area contributed by atoms with Gasteiger partial charge >= 0.3 is 0 Å². The van der Waals surface area contributed by atoms with Gasteiger partial charge in [-0.25, -0.2) is 8.42 Å². The lowest BCUT2D eigenvalue weighted by Crippen LogP contribution is -2.42. The molecule has 1 fully saturated rings. The lowest BCUT2D eigenvalue weighted by molar-refractivity contribution is -0.0632. The Morgan fingerprint density at radius 2 is 1.94 bits per heavy atom. The van der Waals surface area contributed by atoms with E-state index in [-0.39, 0.29) is 11.0 Å². The van der Waals surface area contributed by atoms with Crippen LogP contribution in [0, 0.1) is 5.92 Å². The number of sulfonamides is 1. The van der Waals surface area contributed by atoms with Crippen LogP contribution in [0.3, 0.4) is 0 Å². The summed E-state index contributed by atoms with van der Waals surface area (Å²) in [4.78, 5) is 2.50. The topological polar surface area (TPSA) is 85.7 Å². The molecule has 9 heteroatoms. The molecule has 8 nitrogen and oxygen atoms in total. The van der Waals surface area contributed by atoms with Crippen LogP contribution in [-0.2, 0) is 39.4 Å². The Morgan fingerprint density at radius 1 is 1.17 bits per heavy atom. The van der Waals surface area contributed by atoms with Crippen LogP contribution >= 0.6 is 0 Å². The predicted octanol–water partition coefficient (Wildman–Crippen LogP) is 3.85. The van der Waals surface area contributed by atoms with Crippen molar-refractivity contribution in [1.29, 1.82) is 0 Å². The average Bonchev–Trinajstić information content (AvgIpc) is 3.21. The molecule has 0 amide bonds. The molecule has 0 saturated carbocycles. The predicted molar refractivity (Wildman–Crippen MR) is 143 cm³/mol. The van der Waals surface area contributed by atoms with Gasteiger partial charge in [0.05, 0.1) is 35.4 Å². The lowest BCUT2D eigenvalue weighted by atomic mass is 10.00. The molecule has 4 rings (SSSR count). The molecule has 1 aliphatic rings. The minimum absolute atomic E-state index is 0.138. The van der Waals surface area contributed by atoms with Crippen LogP contribution in [0.2, 0.25) is 0 Å². The number of hydrogen-bond acceptors (Lipinski definition) is 6. The fourth-order valence-corrected chi connectivity index (χ4v) is 5.70. The number of ether oxygens (including phenoxy) is 2. The molecule has 1 saturated heterocycles. The zero-order chi connectivity index (χ0) is 25.7. The molecule has 0 aliphatic carbocycles. The van der Waals surface area contributed by atoms with E-state index >= 15 is 0 Å². The SMILES string of the molecule is CC(C)Cc1ccc2nn(C)cc2c1NS(=O)(=O)c1ccc(CCCOC[C@H]2CN(C)CCO2)cc1. The van der Waals surface area contributed by atoms with E-state index in [4.69, 9.17) is 9.47 Å². The van der Waals surface area contributed by atoms with E-state index < -0.39 is 10.0 Å². The number of anilines is 1. The fourth-order valence-electron chi connectivity index (χ4n) is 4.58. The summed E-state index contributed by atoms with van der Waals surface area (Å²) in [5.41, 5.74) is 3.43. The summed E-state index contributed by atoms with van der Waals surface area (Å²) in [5.74, 6) is 0.391. The molecule has 0 unspecified atom stereocenters. The largest absolute Gasteiger partial charge is 0.379 e. The summed E-state index contributed by atoms with van der Waals surface area (Å²) >= 11 is 0. The van der Waals surface area contributed by atoms with Gasteiger partial charge in [0.2, 0.25) is 0 Å². The maximum absolute atomic E-state index is 13.3. The van der Waals surface area contributed by atoms with Crippen molar-refractivity contribution in [2.45, 2.75) is 44.1 Å². The third kappa shape index (κ3) is 6.85. The summed E-state index contributed by atoms with van der Waals surface area (Å²) in [6.45, 7) is 8.13. The summed E-state index contributed by atoms with van der Waals surface area (Å²) in [5, 5.41) is 5.25. The molecule has 1 aromatic heterocycles. The van der Waals surface area contributed by atoms with Crippen molar-refractivity contribution in [3.05, 3.63) is 53.7 Å². The number of nitrogens with zero attached hydrogens (tertiary/aromatic N) is 3. The lowest BCUT2D eigenvalue weighted by Gasteiger charge is -2.29. The molecule has 1 aliphatic heterocycles. The highest BCUT2D eigenvalue weighted by Gasteiger charge is 2.20. The van der Waals surface area contributed by atoms with E-state index in [1.165, 1.54) is 0 Å². The minimum Gasteiger partial charge on any atom is -0.379 e. The van der Waals surface area contributed by atoms with Crippen LogP contribution in [0.15, 0.2) is 47.5 Å². The normalized spacial score (nSPS) is 17.2. The molecule has 1 atom stereocenters. The van der Waals surface area contributed by atoms with Gasteiger partial charge in [-0.05, 0) is 61.6 Å². The summed E-state index contributed by atoms with van der Waals surface area (Å²) in [6.07, 6.45) is 4.47. The Labute approximate surface area is 214 Å². The zero-order valence-electron chi connectivity index (χ0n) is 21.7. The second-order valence-electron chi connectivity index (χ2n) is 10.1. The first kappa shape index (κ1) is 26.6. The van der Waals surface area contributed by atoms with Gasteiger partial charge in [0.15, 0.2) is 0 Å². The number of likely N-dealkylation sites (N-methyl/N-ethyl adjacent to an activating group) is 1. The highest BCUT2D eigenvalue weighted by atomic mass is 32.2. The number of aromatic nitrogens is 2. The van der Waals surface area contributed by atoms with Crippen molar-refractivity contribution in [3.8, 4) is 0 Å². The molecule has 36 heavy (non-hydrogen) atoms. The Kier molecular flexibility index (Phi) is 8.66. The van der Waals surface area contributed by atoms with Crippen LogP contribution in [0.5, 0.6) is 0 Å². The third-order valence-electron chi connectivity index (χ3n) is 6.39. The van der Waals surface area contributed by atoms with Crippen molar-refractivity contribution < 1.29 is 17.9 Å². The van der Waals surface area contributed by atoms with Crippen LogP contribution in [0.25, 0.3) is 10.9 Å². The van der Waals surface area contributed by atoms with E-state index in [9.17, 15) is 8.42 Å². The smallest absolute Gasteiger partial charge is 0.261 e. The van der Waals surface area contributed by atoms with Crippen molar-refractivity contribution in [2.75, 3.05) is 44.7 Å². The fraction of sp³-hybridized carbons (Fsp3) is 0.519. The molecular weight excluding hydrogens is 476 g/mol. The highest BCUT2D eigenvalue weighted by Crippen LogP contribution is 2.31. The Balaban J connectivity index is 1.37. The number of benzene rings is 2. The summed E-state index contributed by atoms with van der Waals surface area (Å²) in [7, 11) is 0.190. The van der Waals surface area contributed by atoms with Crippen LogP contribution in [0.1, 0.15) is 31.4 Å². The average molecular weight is 515 g/mol. The Hall–Kier alpha value is -2.46. The van der Waals surface area contributed by atoms with Crippen molar-refractivity contribution in [3.63, 3.8) is 0 Å². The zero-order valence-corrected chi connectivity index (χ0v) is 22.6. The molecule has 0 spiro atoms. The van der Waals surface area contributed by atoms with E-state index in [0.717, 1.165) is 61.0 Å². The van der Waals surface area contributed by atoms with E-state index in [1.807, 2.05) is 37.5 Å². The van der Waals surface area contributed by atoms with Gasteiger partial charge in [0.25, 0.3) is 10.0 Å². The van der Waals surface area contributed by atoms with Gasteiger partial charge in [-0.3, -0.25) is 9.40 Å². The number of aryl methyl sites for hydroxylation is 2. The number of rotatable bonds is 11. The molecule has 3 aromatic rings. The van der Waals surface area contributed by atoms with Gasteiger partial charge in [0.1, 0.15) is 0 Å². The Morgan fingerprint density at radius 3 is 2.67 bits per heavy atom. The highest BCUT2D eigenvalue weighted by molar-refractivity contribution is 7.92. The monoisotopic (exact) mass is 514 g/mol. The molecular formula is C27H38N4O4S. The van der Waals surface area contributed by atoms with Crippen molar-refractivity contribution >= 4 is 26.6 Å². The van der Waals surface area contributed by atoms with Gasteiger partial charge < -0.3 is 14.4 Å². The summed E-state index contributed by atoms with van der Waals surface area (Å²) in [6, 6.07) is 11.0. The maximum atomic E-state index is 13.3. The maximum Gasteiger partial charge on any atom is 0.261 e. The van der Waals surface area contributed by atoms with Gasteiger partial charge in [-0.1, -0.05) is 32.0 Å². The second-order valence-corrected chi connectivity index (χ2v) is 11.8. The molecule has 2 aromatic carbocycles. The molecule has 2 heterocycles. The molecule has 0 bridgehead atoms. The van der Waals surface area contributed by atoms with Gasteiger partial charge in [-0.2, -0.15) is 5.10 Å². The standard InChI is InChI=1S/C27H38N4O4S/c1-20(2)16-22-9-12-26-25(18-31(4)28-26)27(22)29-36(32,33)24-10-7-21(8-11-24)6-5-14-34-19-23-17-30(3)13-15-35-23/h7-12,18,20,23,29H,5-6,13-17,19H2,1-4H3/t23-/m1/s1. The van der Waals surface area contributed by atoms with E-state index in [2.05, 4.69) is 35.6 Å². The molecule has 0 radical (unpaired) electrons. The first-order valence-electron chi connectivity index (χ1n) is 12.7. The van der Waals surface area contributed by atoms with Crippen molar-refractivity contribution in [1.82, 2.24) is 14.7 Å². The third-order valence-corrected chi connectivity index (χ3v) is 7.75. The number of fused-ring (bicyclic) bond motifs is 1. The minimum atomic E-state index is -3.75. The van der Waals surface area contributed by atoms with Crippen LogP contribution in [0.4, 0.5) is 5.69 Å². The summed E-state index contributed by atoms with van der Waals surface area (Å²) < 4.78 is 42.7. The quantitative estimate of drug-likeness (QED) is 0.391. The Bertz CT molecular complexity index is 1250. The second kappa shape index (κ2) is 11.7. The van der Waals surface area contributed by atoms with Gasteiger partial charge in [0, 0.05) is 38.3 Å². The van der Waals surface area contributed by atoms with E-state index in [1.54, 1.807) is 16.8 Å². The number of nitrogens with one attached hydrogen (secondary N) is 1.